The van der Waals surface area contributed by atoms with E-state index in [1.54, 1.807) is 11.8 Å². The first kappa shape index (κ1) is 15.5. The van der Waals surface area contributed by atoms with Crippen LogP contribution in [0.15, 0.2) is 0 Å². The predicted octanol–water partition coefficient (Wildman–Crippen LogP) is 0.740. The highest BCUT2D eigenvalue weighted by molar-refractivity contribution is 8.01. The number of hydrogen-bond donors (Lipinski definition) is 1. The number of ketones is 1. The molecule has 1 unspecified atom stereocenters. The molecule has 2 rings (SSSR count). The number of hydrogen-bond acceptors (Lipinski definition) is 6. The normalized spacial score (nSPS) is 34.3. The summed E-state index contributed by atoms with van der Waals surface area (Å²) in [6.07, 6.45) is 1.50. The van der Waals surface area contributed by atoms with Gasteiger partial charge >= 0.3 is 11.9 Å². The number of Topliss-reactive ketones (excluding diaryl/α,β-unsaturated/α-hetero) is 1. The van der Waals surface area contributed by atoms with Crippen LogP contribution in [-0.2, 0) is 19.1 Å². The van der Waals surface area contributed by atoms with Crippen LogP contribution in [0, 0.1) is 0 Å². The molecule has 0 bridgehead atoms. The number of rotatable bonds is 5. The molecule has 0 aromatic heterocycles. The number of amides is 1. The third-order valence-corrected chi connectivity index (χ3v) is 5.53. The van der Waals surface area contributed by atoms with Gasteiger partial charge in [-0.15, -0.1) is 0 Å². The number of carbonyl (C=O) groups is 3. The minimum Gasteiger partial charge on any atom is -0.453 e. The van der Waals surface area contributed by atoms with Gasteiger partial charge in [0.1, 0.15) is 13.0 Å². The van der Waals surface area contributed by atoms with Crippen molar-refractivity contribution in [2.75, 3.05) is 6.61 Å². The summed E-state index contributed by atoms with van der Waals surface area (Å²) in [6.45, 7) is 5.43. The average molecular weight is 301 g/mol. The molecule has 0 aromatic rings. The monoisotopic (exact) mass is 301 g/mol. The summed E-state index contributed by atoms with van der Waals surface area (Å²) in [5, 5.41) is -0.0820. The van der Waals surface area contributed by atoms with Crippen molar-refractivity contribution < 1.29 is 23.7 Å². The lowest BCUT2D eigenvalue weighted by atomic mass is 9.97. The van der Waals surface area contributed by atoms with E-state index in [0.29, 0.717) is 12.8 Å². The van der Waals surface area contributed by atoms with E-state index in [2.05, 4.69) is 0 Å². The van der Waals surface area contributed by atoms with Gasteiger partial charge in [0.25, 0.3) is 0 Å². The van der Waals surface area contributed by atoms with Crippen LogP contribution >= 0.6 is 11.8 Å². The molecule has 0 saturated carbocycles. The Bertz CT molecular complexity index is 465. The molecule has 2 aliphatic rings. The van der Waals surface area contributed by atoms with Gasteiger partial charge in [-0.05, 0) is 20.3 Å². The number of ether oxygens (including phenoxy) is 1. The molecule has 0 aliphatic carbocycles. The fourth-order valence-corrected chi connectivity index (χ4v) is 4.66. The highest BCUT2D eigenvalue weighted by atomic mass is 32.2. The van der Waals surface area contributed by atoms with Crippen LogP contribution in [0.2, 0.25) is 0 Å². The minimum atomic E-state index is -0.742. The van der Waals surface area contributed by atoms with Crippen molar-refractivity contribution in [3.8, 4) is 0 Å². The first-order valence-corrected chi connectivity index (χ1v) is 7.68. The zero-order valence-electron chi connectivity index (χ0n) is 12.0. The van der Waals surface area contributed by atoms with Crippen LogP contribution in [0.5, 0.6) is 0 Å². The third kappa shape index (κ3) is 2.27. The Morgan fingerprint density at radius 1 is 1.50 bits per heavy atom. The second-order valence-corrected chi connectivity index (χ2v) is 7.74. The summed E-state index contributed by atoms with van der Waals surface area (Å²) in [7, 11) is 0. The first-order valence-electron chi connectivity index (χ1n) is 6.80. The van der Waals surface area contributed by atoms with Crippen LogP contribution in [0.4, 0.5) is 0 Å². The molecule has 1 amide bonds. The van der Waals surface area contributed by atoms with Crippen molar-refractivity contribution >= 4 is 29.4 Å². The van der Waals surface area contributed by atoms with Gasteiger partial charge in [-0.1, -0.05) is 18.7 Å². The van der Waals surface area contributed by atoms with Crippen LogP contribution in [0.1, 0.15) is 40.0 Å². The van der Waals surface area contributed by atoms with Crippen LogP contribution in [0.25, 0.3) is 0 Å². The lowest BCUT2D eigenvalue weighted by Gasteiger charge is -2.42. The summed E-state index contributed by atoms with van der Waals surface area (Å²) in [4.78, 5) is 35.6. The van der Waals surface area contributed by atoms with Crippen molar-refractivity contribution in [2.24, 2.45) is 5.84 Å². The van der Waals surface area contributed by atoms with Crippen molar-refractivity contribution in [2.45, 2.75) is 56.2 Å². The van der Waals surface area contributed by atoms with E-state index in [1.165, 1.54) is 0 Å². The second-order valence-electron chi connectivity index (χ2n) is 5.91. The molecule has 2 aliphatic heterocycles. The topological polar surface area (TPSA) is 86.5 Å². The molecular weight excluding hydrogens is 280 g/mol. The van der Waals surface area contributed by atoms with E-state index in [1.807, 2.05) is 20.8 Å². The molecule has 7 heteroatoms. The number of β-lactam (4-membered cyclic amide) rings is 1. The maximum absolute atomic E-state index is 12.3. The number of nitrogens with zero attached hydrogens (tertiary/aromatic N) is 1. The predicted molar refractivity (Wildman–Crippen MR) is 74.2 cm³/mol. The van der Waals surface area contributed by atoms with Gasteiger partial charge in [-0.2, -0.15) is 10.4 Å². The van der Waals surface area contributed by atoms with E-state index in [-0.39, 0.29) is 28.3 Å². The lowest BCUT2D eigenvalue weighted by molar-refractivity contribution is -0.913. The summed E-state index contributed by atoms with van der Waals surface area (Å²) < 4.78 is 4.24. The molecular formula is C13H21N2O4S+. The summed E-state index contributed by atoms with van der Waals surface area (Å²) in [5.41, 5.74) is 0. The zero-order chi connectivity index (χ0) is 15.1. The van der Waals surface area contributed by atoms with Gasteiger partial charge < -0.3 is 4.74 Å². The zero-order valence-corrected chi connectivity index (χ0v) is 12.9. The van der Waals surface area contributed by atoms with Gasteiger partial charge in [0.2, 0.25) is 6.04 Å². The molecule has 0 radical (unpaired) electrons. The molecule has 0 aromatic carbocycles. The number of thioether (sulfide) groups is 1. The standard InChI is InChI=1S/C13H21N2O4S/c1-4-5-8(16)7-19-12(18)11-13(2,3)20-10-6-9(17)15(10,11)14/h10-11H,4-7,14H2,1-3H3/q+1/t10-,11+,15?/m1/s1. The number of carbonyl (C=O) groups excluding carboxylic acids is 3. The Kier molecular flexibility index (Phi) is 3.96. The van der Waals surface area contributed by atoms with Crippen LogP contribution < -0.4 is 5.84 Å². The van der Waals surface area contributed by atoms with Crippen molar-refractivity contribution in [1.29, 1.82) is 0 Å². The largest absolute Gasteiger partial charge is 0.453 e. The Hall–Kier alpha value is -0.920. The lowest BCUT2D eigenvalue weighted by Crippen LogP contribution is -2.76. The molecule has 3 atom stereocenters. The van der Waals surface area contributed by atoms with Crippen LogP contribution in [-0.4, -0.2) is 45.0 Å². The van der Waals surface area contributed by atoms with Crippen molar-refractivity contribution in [3.05, 3.63) is 0 Å². The smallest absolute Gasteiger partial charge is 0.369 e. The van der Waals surface area contributed by atoms with Gasteiger partial charge in [0.15, 0.2) is 11.2 Å². The van der Waals surface area contributed by atoms with E-state index in [4.69, 9.17) is 10.6 Å². The maximum Gasteiger partial charge on any atom is 0.369 e. The number of fused-ring (bicyclic) bond motifs is 1. The molecule has 2 N–H and O–H groups in total. The molecule has 2 fully saturated rings. The Morgan fingerprint density at radius 2 is 2.15 bits per heavy atom. The Morgan fingerprint density at radius 3 is 2.70 bits per heavy atom. The first-order chi connectivity index (χ1) is 9.23. The molecule has 112 valence electrons. The van der Waals surface area contributed by atoms with E-state index in [9.17, 15) is 14.4 Å². The summed E-state index contributed by atoms with van der Waals surface area (Å²) >= 11 is 1.54. The maximum atomic E-state index is 12.3. The average Bonchev–Trinajstić information content (AvgIpc) is 2.51. The van der Waals surface area contributed by atoms with Crippen molar-refractivity contribution in [3.63, 3.8) is 0 Å². The molecule has 2 saturated heterocycles. The quantitative estimate of drug-likeness (QED) is 0.265. The number of quaternary nitrogens is 1. The Balaban J connectivity index is 2.07. The highest BCUT2D eigenvalue weighted by Gasteiger charge is 2.73. The molecule has 6 nitrogen and oxygen atoms in total. The van der Waals surface area contributed by atoms with E-state index in [0.717, 1.165) is 6.42 Å². The summed E-state index contributed by atoms with van der Waals surface area (Å²) in [5.74, 6) is 5.31. The van der Waals surface area contributed by atoms with Crippen LogP contribution in [0.3, 0.4) is 0 Å². The fourth-order valence-electron chi connectivity index (χ4n) is 2.92. The van der Waals surface area contributed by atoms with Gasteiger partial charge in [-0.3, -0.25) is 4.79 Å². The Labute approximate surface area is 122 Å². The van der Waals surface area contributed by atoms with E-state index < -0.39 is 16.8 Å². The van der Waals surface area contributed by atoms with E-state index >= 15 is 0 Å². The minimum absolute atomic E-state index is 0.0820. The van der Waals surface area contributed by atoms with Crippen molar-refractivity contribution in [1.82, 2.24) is 0 Å². The van der Waals surface area contributed by atoms with Gasteiger partial charge in [0.05, 0.1) is 4.75 Å². The second kappa shape index (κ2) is 5.13. The SMILES string of the molecule is CCCC(=O)COC(=O)[C@H]1C(C)(C)S[C@@H]2CC(=O)[N+]21N. The molecule has 0 spiro atoms. The number of nitrogens with two attached hydrogens (primary N) is 1. The highest BCUT2D eigenvalue weighted by Crippen LogP contribution is 2.54. The summed E-state index contributed by atoms with van der Waals surface area (Å²) in [6, 6.07) is -0.742. The van der Waals surface area contributed by atoms with Gasteiger partial charge in [0, 0.05) is 6.42 Å². The third-order valence-electron chi connectivity index (χ3n) is 3.91. The molecule has 2 heterocycles. The number of esters is 1. The van der Waals surface area contributed by atoms with Gasteiger partial charge in [-0.25, -0.2) is 9.59 Å². The fraction of sp³-hybridized carbons (Fsp3) is 0.769. The molecule has 20 heavy (non-hydrogen) atoms.